The summed E-state index contributed by atoms with van der Waals surface area (Å²) < 4.78 is 9.33. The zero-order valence-corrected chi connectivity index (χ0v) is 38.6. The number of hydrogen-bond donors (Lipinski definition) is 0. The average molecular weight is 915 g/mol. The smallest absolute Gasteiger partial charge is 0.166 e. The Kier molecular flexibility index (Phi) is 8.10. The van der Waals surface area contributed by atoms with Crippen LogP contribution >= 0.6 is 0 Å². The van der Waals surface area contributed by atoms with E-state index in [0.29, 0.717) is 17.5 Å². The fraction of sp³-hybridized carbons (Fsp3) is 0. The van der Waals surface area contributed by atoms with Crippen molar-refractivity contribution in [2.24, 2.45) is 0 Å². The molecule has 0 saturated heterocycles. The van der Waals surface area contributed by atoms with E-state index >= 15 is 0 Å². The van der Waals surface area contributed by atoms with E-state index in [1.54, 1.807) is 0 Å². The van der Waals surface area contributed by atoms with Crippen LogP contribution in [-0.2, 0) is 0 Å². The van der Waals surface area contributed by atoms with Crippen molar-refractivity contribution >= 4 is 119 Å². The number of fused-ring (bicyclic) bond motifs is 16. The number of furan rings is 1. The summed E-state index contributed by atoms with van der Waals surface area (Å²) in [5, 5.41) is 20.9. The standard InChI is InChI=1S/C67H38N4O/c1-3-16-44-35-60-57(34-43(44)15-1)64-54-20-10-7-13-41(54)27-30-59(64)71(60)61-38-63-56(55-33-42-14-2-4-17-45(42)36-62(55)72-63)37-58(61)67-69-65(48-25-28-52-46(31-48)23-21-39-11-5-8-18-50(39)52)68-66(70-67)49-26-29-53-47(32-49)24-22-40-12-6-9-19-51(40)53/h1-38H. The first-order valence-corrected chi connectivity index (χ1v) is 24.5. The molecule has 332 valence electrons. The summed E-state index contributed by atoms with van der Waals surface area (Å²) in [7, 11) is 0. The molecule has 0 atom stereocenters. The molecule has 5 heteroatoms. The molecule has 0 aliphatic rings. The molecule has 16 aromatic rings. The Bertz CT molecular complexity index is 4870. The molecule has 5 nitrogen and oxygen atoms in total. The van der Waals surface area contributed by atoms with Crippen LogP contribution in [-0.4, -0.2) is 19.5 Å². The number of aromatic nitrogens is 4. The highest BCUT2D eigenvalue weighted by Crippen LogP contribution is 2.44. The van der Waals surface area contributed by atoms with Crippen LogP contribution in [0.1, 0.15) is 0 Å². The van der Waals surface area contributed by atoms with Crippen LogP contribution in [0.2, 0.25) is 0 Å². The fourth-order valence-electron chi connectivity index (χ4n) is 11.7. The summed E-state index contributed by atoms with van der Waals surface area (Å²) in [5.41, 5.74) is 7.37. The van der Waals surface area contributed by atoms with Gasteiger partial charge in [-0.1, -0.05) is 176 Å². The second-order valence-electron chi connectivity index (χ2n) is 19.1. The van der Waals surface area contributed by atoms with Crippen molar-refractivity contribution < 1.29 is 4.42 Å². The van der Waals surface area contributed by atoms with Crippen molar-refractivity contribution in [1.29, 1.82) is 0 Å². The monoisotopic (exact) mass is 914 g/mol. The normalized spacial score (nSPS) is 12.2. The predicted molar refractivity (Wildman–Crippen MR) is 300 cm³/mol. The lowest BCUT2D eigenvalue weighted by Crippen LogP contribution is -2.04. The summed E-state index contributed by atoms with van der Waals surface area (Å²) in [5.74, 6) is 1.75. The predicted octanol–water partition coefficient (Wildman–Crippen LogP) is 17.9. The maximum Gasteiger partial charge on any atom is 0.166 e. The minimum absolute atomic E-state index is 0.566. The Balaban J connectivity index is 1.02. The van der Waals surface area contributed by atoms with Gasteiger partial charge in [-0.25, -0.2) is 15.0 Å². The molecule has 0 aliphatic heterocycles. The molecule has 72 heavy (non-hydrogen) atoms. The van der Waals surface area contributed by atoms with Gasteiger partial charge in [0.15, 0.2) is 17.5 Å². The lowest BCUT2D eigenvalue weighted by molar-refractivity contribution is 0.669. The summed E-state index contributed by atoms with van der Waals surface area (Å²) in [4.78, 5) is 16.5. The van der Waals surface area contributed by atoms with Gasteiger partial charge in [0.2, 0.25) is 0 Å². The maximum absolute atomic E-state index is 6.92. The van der Waals surface area contributed by atoms with Crippen LogP contribution in [0.4, 0.5) is 0 Å². The first-order valence-electron chi connectivity index (χ1n) is 24.5. The Morgan fingerprint density at radius 2 is 0.722 bits per heavy atom. The van der Waals surface area contributed by atoms with Gasteiger partial charge in [-0.2, -0.15) is 0 Å². The number of benzene rings is 13. The molecular formula is C67H38N4O. The zero-order chi connectivity index (χ0) is 47.0. The van der Waals surface area contributed by atoms with Crippen LogP contribution in [0.3, 0.4) is 0 Å². The summed E-state index contributed by atoms with van der Waals surface area (Å²) in [6, 6.07) is 83.0. The van der Waals surface area contributed by atoms with Crippen molar-refractivity contribution in [2.75, 3.05) is 0 Å². The number of rotatable bonds is 4. The van der Waals surface area contributed by atoms with Gasteiger partial charge >= 0.3 is 0 Å². The summed E-state index contributed by atoms with van der Waals surface area (Å²) >= 11 is 0. The van der Waals surface area contributed by atoms with Gasteiger partial charge in [0, 0.05) is 44.3 Å². The van der Waals surface area contributed by atoms with Crippen LogP contribution in [0.5, 0.6) is 0 Å². The molecule has 0 bridgehead atoms. The summed E-state index contributed by atoms with van der Waals surface area (Å²) in [6.07, 6.45) is 0. The highest BCUT2D eigenvalue weighted by Gasteiger charge is 2.24. The van der Waals surface area contributed by atoms with Gasteiger partial charge in [0.1, 0.15) is 11.2 Å². The Morgan fingerprint density at radius 3 is 1.35 bits per heavy atom. The second-order valence-corrected chi connectivity index (χ2v) is 19.1. The number of nitrogens with zero attached hydrogens (tertiary/aromatic N) is 4. The van der Waals surface area contributed by atoms with Crippen LogP contribution in [0.25, 0.3) is 159 Å². The Labute approximate surface area is 411 Å². The Hall–Kier alpha value is -9.71. The average Bonchev–Trinajstić information content (AvgIpc) is 3.96. The van der Waals surface area contributed by atoms with Crippen LogP contribution in [0, 0.1) is 0 Å². The maximum atomic E-state index is 6.92. The lowest BCUT2D eigenvalue weighted by atomic mass is 9.99. The first kappa shape index (κ1) is 39.2. The van der Waals surface area contributed by atoms with E-state index in [-0.39, 0.29) is 0 Å². The molecule has 13 aromatic carbocycles. The van der Waals surface area contributed by atoms with Gasteiger partial charge < -0.3 is 8.98 Å². The first-order chi connectivity index (χ1) is 35.6. The molecule has 0 N–H and O–H groups in total. The van der Waals surface area contributed by atoms with Gasteiger partial charge in [-0.05, 0) is 124 Å². The van der Waals surface area contributed by atoms with Crippen LogP contribution in [0.15, 0.2) is 235 Å². The van der Waals surface area contributed by atoms with Crippen LogP contribution < -0.4 is 0 Å². The molecule has 3 heterocycles. The third-order valence-electron chi connectivity index (χ3n) is 15.1. The van der Waals surface area contributed by atoms with Crippen molar-refractivity contribution in [3.05, 3.63) is 231 Å². The highest BCUT2D eigenvalue weighted by atomic mass is 16.3. The van der Waals surface area contributed by atoms with E-state index in [1.165, 1.54) is 59.2 Å². The molecule has 0 amide bonds. The van der Waals surface area contributed by atoms with Crippen molar-refractivity contribution in [1.82, 2.24) is 19.5 Å². The fourth-order valence-corrected chi connectivity index (χ4v) is 11.7. The van der Waals surface area contributed by atoms with E-state index in [2.05, 4.69) is 235 Å². The number of hydrogen-bond acceptors (Lipinski definition) is 4. The van der Waals surface area contributed by atoms with Crippen molar-refractivity contribution in [2.45, 2.75) is 0 Å². The molecular weight excluding hydrogens is 877 g/mol. The third-order valence-corrected chi connectivity index (χ3v) is 15.1. The van der Waals surface area contributed by atoms with E-state index in [9.17, 15) is 0 Å². The van der Waals surface area contributed by atoms with E-state index in [1.807, 2.05) is 0 Å². The lowest BCUT2D eigenvalue weighted by Gasteiger charge is -2.16. The molecule has 0 spiro atoms. The van der Waals surface area contributed by atoms with Gasteiger partial charge in [-0.15, -0.1) is 0 Å². The van der Waals surface area contributed by atoms with Gasteiger partial charge in [-0.3, -0.25) is 0 Å². The molecule has 0 fully saturated rings. The van der Waals surface area contributed by atoms with E-state index in [4.69, 9.17) is 19.4 Å². The molecule has 0 saturated carbocycles. The van der Waals surface area contributed by atoms with E-state index in [0.717, 1.165) is 82.3 Å². The largest absolute Gasteiger partial charge is 0.456 e. The molecule has 0 radical (unpaired) electrons. The SMILES string of the molecule is c1ccc2cc3c(cc2c1)oc1cc(-n2c4cc5ccccc5cc4c4c5ccccc5ccc42)c(-c2nc(-c4ccc5c(ccc6ccccc65)c4)nc(-c4ccc5c(ccc6ccccc65)c4)n2)cc13. The second kappa shape index (κ2) is 14.9. The minimum Gasteiger partial charge on any atom is -0.456 e. The molecule has 3 aromatic heterocycles. The summed E-state index contributed by atoms with van der Waals surface area (Å²) in [6.45, 7) is 0. The zero-order valence-electron chi connectivity index (χ0n) is 38.6. The third kappa shape index (κ3) is 5.85. The van der Waals surface area contributed by atoms with Crippen molar-refractivity contribution in [3.63, 3.8) is 0 Å². The van der Waals surface area contributed by atoms with Gasteiger partial charge in [0.25, 0.3) is 0 Å². The quantitative estimate of drug-likeness (QED) is 0.165. The van der Waals surface area contributed by atoms with Crippen molar-refractivity contribution in [3.8, 4) is 39.9 Å². The molecule has 0 aliphatic carbocycles. The molecule has 0 unspecified atom stereocenters. The highest BCUT2D eigenvalue weighted by molar-refractivity contribution is 6.24. The Morgan fingerprint density at radius 1 is 0.278 bits per heavy atom. The minimum atomic E-state index is 0.566. The van der Waals surface area contributed by atoms with Gasteiger partial charge in [0.05, 0.1) is 16.7 Å². The van der Waals surface area contributed by atoms with E-state index < -0.39 is 0 Å². The topological polar surface area (TPSA) is 56.7 Å². The molecule has 16 rings (SSSR count).